The molecule has 1 amide bonds. The topological polar surface area (TPSA) is 47.6 Å². The van der Waals surface area contributed by atoms with E-state index in [9.17, 15) is 4.79 Å². The van der Waals surface area contributed by atoms with Crippen LogP contribution in [0.1, 0.15) is 30.1 Å². The second kappa shape index (κ2) is 8.62. The first-order valence-corrected chi connectivity index (χ1v) is 8.43. The molecule has 0 aromatic heterocycles. The van der Waals surface area contributed by atoms with Gasteiger partial charge in [0.05, 0.1) is 6.10 Å². The van der Waals surface area contributed by atoms with Crippen molar-refractivity contribution in [3.63, 3.8) is 0 Å². The van der Waals surface area contributed by atoms with E-state index in [1.54, 1.807) is 0 Å². The van der Waals surface area contributed by atoms with Crippen molar-refractivity contribution in [1.82, 2.24) is 5.32 Å². The standard InChI is InChI=1S/C20H23NO3/c22-19(21-14-18-12-7-13-23-18)15-24-20(16-8-3-1-4-9-16)17-10-5-2-6-11-17/h1-6,8-11,18,20H,7,12-15H2,(H,21,22)/t18-/m0/s1. The van der Waals surface area contributed by atoms with Gasteiger partial charge in [-0.2, -0.15) is 0 Å². The number of amides is 1. The van der Waals surface area contributed by atoms with Crippen LogP contribution in [0.2, 0.25) is 0 Å². The van der Waals surface area contributed by atoms with Crippen LogP contribution in [0.4, 0.5) is 0 Å². The van der Waals surface area contributed by atoms with Crippen molar-refractivity contribution in [1.29, 1.82) is 0 Å². The van der Waals surface area contributed by atoms with Gasteiger partial charge in [0.1, 0.15) is 12.7 Å². The zero-order chi connectivity index (χ0) is 16.6. The lowest BCUT2D eigenvalue weighted by Crippen LogP contribution is -2.34. The molecule has 4 heteroatoms. The van der Waals surface area contributed by atoms with Gasteiger partial charge in [0.15, 0.2) is 0 Å². The number of carbonyl (C=O) groups is 1. The molecule has 1 atom stereocenters. The third kappa shape index (κ3) is 4.66. The van der Waals surface area contributed by atoms with Crippen LogP contribution in [0.5, 0.6) is 0 Å². The normalized spacial score (nSPS) is 17.1. The molecule has 0 bridgehead atoms. The highest BCUT2D eigenvalue weighted by Gasteiger charge is 2.18. The molecule has 2 aromatic carbocycles. The van der Waals surface area contributed by atoms with Crippen molar-refractivity contribution in [2.24, 2.45) is 0 Å². The number of carbonyl (C=O) groups excluding carboxylic acids is 1. The largest absolute Gasteiger partial charge is 0.376 e. The minimum absolute atomic E-state index is 0.0289. The fourth-order valence-corrected chi connectivity index (χ4v) is 2.88. The van der Waals surface area contributed by atoms with E-state index in [4.69, 9.17) is 9.47 Å². The van der Waals surface area contributed by atoms with Crippen molar-refractivity contribution in [2.45, 2.75) is 25.0 Å². The van der Waals surface area contributed by atoms with E-state index in [0.29, 0.717) is 6.54 Å². The third-order valence-electron chi connectivity index (χ3n) is 4.14. The molecule has 24 heavy (non-hydrogen) atoms. The Morgan fingerprint density at radius 1 is 1.08 bits per heavy atom. The van der Waals surface area contributed by atoms with E-state index >= 15 is 0 Å². The highest BCUT2D eigenvalue weighted by molar-refractivity contribution is 5.77. The summed E-state index contributed by atoms with van der Waals surface area (Å²) in [6, 6.07) is 19.9. The molecule has 2 aromatic rings. The lowest BCUT2D eigenvalue weighted by Gasteiger charge is -2.19. The summed E-state index contributed by atoms with van der Waals surface area (Å²) in [5, 5.41) is 2.89. The fourth-order valence-electron chi connectivity index (χ4n) is 2.88. The number of rotatable bonds is 7. The van der Waals surface area contributed by atoms with Crippen LogP contribution in [-0.2, 0) is 14.3 Å². The van der Waals surface area contributed by atoms with Gasteiger partial charge in [0, 0.05) is 13.2 Å². The number of nitrogens with one attached hydrogen (secondary N) is 1. The predicted molar refractivity (Wildman–Crippen MR) is 92.7 cm³/mol. The van der Waals surface area contributed by atoms with E-state index in [0.717, 1.165) is 30.6 Å². The van der Waals surface area contributed by atoms with Gasteiger partial charge in [-0.05, 0) is 24.0 Å². The summed E-state index contributed by atoms with van der Waals surface area (Å²) in [6.07, 6.45) is 1.98. The molecule has 0 radical (unpaired) electrons. The summed E-state index contributed by atoms with van der Waals surface area (Å²) in [7, 11) is 0. The van der Waals surface area contributed by atoms with Crippen LogP contribution in [0, 0.1) is 0 Å². The maximum atomic E-state index is 12.1. The van der Waals surface area contributed by atoms with E-state index in [2.05, 4.69) is 5.32 Å². The first kappa shape index (κ1) is 16.7. The van der Waals surface area contributed by atoms with Crippen LogP contribution < -0.4 is 5.32 Å². The molecule has 0 unspecified atom stereocenters. The molecule has 1 heterocycles. The lowest BCUT2D eigenvalue weighted by molar-refractivity contribution is -0.127. The lowest BCUT2D eigenvalue weighted by atomic mass is 10.0. The van der Waals surface area contributed by atoms with Crippen LogP contribution in [-0.4, -0.2) is 31.8 Å². The van der Waals surface area contributed by atoms with E-state index in [1.165, 1.54) is 0 Å². The van der Waals surface area contributed by atoms with E-state index in [-0.39, 0.29) is 24.7 Å². The van der Waals surface area contributed by atoms with Gasteiger partial charge in [-0.3, -0.25) is 4.79 Å². The molecule has 0 saturated carbocycles. The SMILES string of the molecule is O=C(COC(c1ccccc1)c1ccccc1)NC[C@@H]1CCCO1. The summed E-state index contributed by atoms with van der Waals surface area (Å²) in [5.74, 6) is -0.109. The molecule has 1 aliphatic heterocycles. The van der Waals surface area contributed by atoms with Gasteiger partial charge in [-0.1, -0.05) is 60.7 Å². The molecule has 3 rings (SSSR count). The zero-order valence-electron chi connectivity index (χ0n) is 13.7. The van der Waals surface area contributed by atoms with Crippen LogP contribution in [0.15, 0.2) is 60.7 Å². The average molecular weight is 325 g/mol. The van der Waals surface area contributed by atoms with Crippen LogP contribution in [0.3, 0.4) is 0 Å². The van der Waals surface area contributed by atoms with Gasteiger partial charge >= 0.3 is 0 Å². The van der Waals surface area contributed by atoms with Gasteiger partial charge in [0.2, 0.25) is 5.91 Å². The number of ether oxygens (including phenoxy) is 2. The van der Waals surface area contributed by atoms with E-state index < -0.39 is 0 Å². The minimum atomic E-state index is -0.249. The smallest absolute Gasteiger partial charge is 0.246 e. The molecule has 4 nitrogen and oxygen atoms in total. The highest BCUT2D eigenvalue weighted by atomic mass is 16.5. The minimum Gasteiger partial charge on any atom is -0.376 e. The maximum absolute atomic E-state index is 12.1. The monoisotopic (exact) mass is 325 g/mol. The fraction of sp³-hybridized carbons (Fsp3) is 0.350. The van der Waals surface area contributed by atoms with Crippen molar-refractivity contribution in [3.8, 4) is 0 Å². The van der Waals surface area contributed by atoms with Crippen molar-refractivity contribution < 1.29 is 14.3 Å². The average Bonchev–Trinajstić information content (AvgIpc) is 3.16. The first-order chi connectivity index (χ1) is 11.8. The molecule has 0 aliphatic carbocycles. The van der Waals surface area contributed by atoms with Crippen molar-refractivity contribution in [3.05, 3.63) is 71.8 Å². The molecule has 1 fully saturated rings. The summed E-state index contributed by atoms with van der Waals surface area (Å²) in [5.41, 5.74) is 2.08. The summed E-state index contributed by atoms with van der Waals surface area (Å²) >= 11 is 0. The van der Waals surface area contributed by atoms with Gasteiger partial charge < -0.3 is 14.8 Å². The van der Waals surface area contributed by atoms with Gasteiger partial charge in [-0.25, -0.2) is 0 Å². The molecule has 1 aliphatic rings. The Morgan fingerprint density at radius 3 is 2.25 bits per heavy atom. The Balaban J connectivity index is 1.59. The summed E-state index contributed by atoms with van der Waals surface area (Å²) in [4.78, 5) is 12.1. The van der Waals surface area contributed by atoms with Crippen molar-refractivity contribution >= 4 is 5.91 Å². The molecule has 126 valence electrons. The third-order valence-corrected chi connectivity index (χ3v) is 4.14. The summed E-state index contributed by atoms with van der Waals surface area (Å²) in [6.45, 7) is 1.38. The van der Waals surface area contributed by atoms with Gasteiger partial charge in [0.25, 0.3) is 0 Å². The van der Waals surface area contributed by atoms with Crippen molar-refractivity contribution in [2.75, 3.05) is 19.8 Å². The second-order valence-corrected chi connectivity index (χ2v) is 5.95. The Kier molecular flexibility index (Phi) is 5.99. The van der Waals surface area contributed by atoms with Gasteiger partial charge in [-0.15, -0.1) is 0 Å². The molecule has 0 spiro atoms. The number of hydrogen-bond donors (Lipinski definition) is 1. The quantitative estimate of drug-likeness (QED) is 0.851. The number of benzene rings is 2. The Morgan fingerprint density at radius 2 is 1.71 bits per heavy atom. The van der Waals surface area contributed by atoms with Crippen LogP contribution in [0.25, 0.3) is 0 Å². The Labute approximate surface area is 142 Å². The second-order valence-electron chi connectivity index (χ2n) is 5.95. The molecule has 1 N–H and O–H groups in total. The maximum Gasteiger partial charge on any atom is 0.246 e. The predicted octanol–water partition coefficient (Wildman–Crippen LogP) is 3.09. The highest BCUT2D eigenvalue weighted by Crippen LogP contribution is 2.25. The number of hydrogen-bond acceptors (Lipinski definition) is 3. The molecule has 1 saturated heterocycles. The van der Waals surface area contributed by atoms with E-state index in [1.807, 2.05) is 60.7 Å². The Bertz CT molecular complexity index is 584. The van der Waals surface area contributed by atoms with Crippen LogP contribution >= 0.6 is 0 Å². The summed E-state index contributed by atoms with van der Waals surface area (Å²) < 4.78 is 11.5. The zero-order valence-corrected chi connectivity index (χ0v) is 13.7. The Hall–Kier alpha value is -2.17. The molecular formula is C20H23NO3. The first-order valence-electron chi connectivity index (χ1n) is 8.43. The molecular weight excluding hydrogens is 302 g/mol.